The minimum absolute atomic E-state index is 0. The van der Waals surface area contributed by atoms with Gasteiger partial charge in [0.2, 0.25) is 0 Å². The summed E-state index contributed by atoms with van der Waals surface area (Å²) in [5.41, 5.74) is 4.76. The standard InChI is InChI=1S/C16H19N3OS.2ClH/c1-2-12-3-5-13(6-4-12)15-9-17-7-8-19(15)16(20)14-10-21-11-18-14;;/h3-6,10-11,15,17H,2,7-9H2,1H3;2*1H. The van der Waals surface area contributed by atoms with Crippen LogP contribution < -0.4 is 5.32 Å². The average Bonchev–Trinajstić information content (AvgIpc) is 3.09. The van der Waals surface area contributed by atoms with Crippen molar-refractivity contribution in [1.29, 1.82) is 0 Å². The molecule has 1 fully saturated rings. The van der Waals surface area contributed by atoms with Crippen LogP contribution >= 0.6 is 36.2 Å². The fraction of sp³-hybridized carbons (Fsp3) is 0.375. The van der Waals surface area contributed by atoms with Crippen molar-refractivity contribution in [3.8, 4) is 0 Å². The Hall–Kier alpha value is -1.14. The molecule has 1 aliphatic rings. The maximum Gasteiger partial charge on any atom is 0.273 e. The van der Waals surface area contributed by atoms with E-state index in [2.05, 4.69) is 41.5 Å². The van der Waals surface area contributed by atoms with E-state index in [9.17, 15) is 4.79 Å². The molecule has 0 aliphatic carbocycles. The van der Waals surface area contributed by atoms with Gasteiger partial charge in [0.25, 0.3) is 5.91 Å². The summed E-state index contributed by atoms with van der Waals surface area (Å²) in [4.78, 5) is 18.7. The maximum absolute atomic E-state index is 12.6. The zero-order chi connectivity index (χ0) is 14.7. The van der Waals surface area contributed by atoms with Crippen molar-refractivity contribution in [2.45, 2.75) is 19.4 Å². The van der Waals surface area contributed by atoms with Crippen molar-refractivity contribution < 1.29 is 4.79 Å². The molecule has 0 bridgehead atoms. The molecule has 1 atom stereocenters. The van der Waals surface area contributed by atoms with Crippen LogP contribution in [0.4, 0.5) is 0 Å². The van der Waals surface area contributed by atoms with E-state index in [1.165, 1.54) is 22.5 Å². The molecule has 3 rings (SSSR count). The van der Waals surface area contributed by atoms with Gasteiger partial charge in [-0.15, -0.1) is 36.2 Å². The van der Waals surface area contributed by atoms with Gasteiger partial charge in [-0.3, -0.25) is 4.79 Å². The van der Waals surface area contributed by atoms with Crippen molar-refractivity contribution in [3.63, 3.8) is 0 Å². The van der Waals surface area contributed by atoms with Crippen LogP contribution in [0.1, 0.15) is 34.6 Å². The third-order valence-corrected chi connectivity index (χ3v) is 4.51. The molecule has 23 heavy (non-hydrogen) atoms. The molecule has 2 aromatic rings. The maximum atomic E-state index is 12.6. The largest absolute Gasteiger partial charge is 0.328 e. The van der Waals surface area contributed by atoms with Crippen LogP contribution in [0.15, 0.2) is 35.2 Å². The van der Waals surface area contributed by atoms with E-state index >= 15 is 0 Å². The Labute approximate surface area is 153 Å². The van der Waals surface area contributed by atoms with Crippen molar-refractivity contribution >= 4 is 42.1 Å². The molecule has 1 amide bonds. The Morgan fingerprint density at radius 3 is 2.70 bits per heavy atom. The van der Waals surface area contributed by atoms with Crippen molar-refractivity contribution in [1.82, 2.24) is 15.2 Å². The molecule has 0 spiro atoms. The SMILES string of the molecule is CCc1ccc(C2CNCCN2C(=O)c2cscn2)cc1.Cl.Cl. The highest BCUT2D eigenvalue weighted by Gasteiger charge is 2.29. The minimum Gasteiger partial charge on any atom is -0.328 e. The molecule has 1 aromatic carbocycles. The molecular formula is C16H21Cl2N3OS. The van der Waals surface area contributed by atoms with Crippen LogP contribution in [0.3, 0.4) is 0 Å². The predicted octanol–water partition coefficient (Wildman–Crippen LogP) is 3.34. The van der Waals surface area contributed by atoms with Gasteiger partial charge < -0.3 is 10.2 Å². The first-order valence-corrected chi connectivity index (χ1v) is 8.22. The lowest BCUT2D eigenvalue weighted by atomic mass is 10.0. The topological polar surface area (TPSA) is 45.2 Å². The quantitative estimate of drug-likeness (QED) is 0.896. The summed E-state index contributed by atoms with van der Waals surface area (Å²) in [6, 6.07) is 8.65. The lowest BCUT2D eigenvalue weighted by Crippen LogP contribution is -2.48. The monoisotopic (exact) mass is 373 g/mol. The number of rotatable bonds is 3. The van der Waals surface area contributed by atoms with E-state index in [1.54, 1.807) is 5.51 Å². The zero-order valence-corrected chi connectivity index (χ0v) is 15.3. The number of piperazine rings is 1. The van der Waals surface area contributed by atoms with E-state index < -0.39 is 0 Å². The second kappa shape index (κ2) is 9.23. The Bertz CT molecular complexity index is 604. The molecule has 7 heteroatoms. The Kier molecular flexibility index (Phi) is 7.99. The molecule has 0 saturated carbocycles. The number of halogens is 2. The summed E-state index contributed by atoms with van der Waals surface area (Å²) >= 11 is 1.46. The number of amides is 1. The molecule has 1 aromatic heterocycles. The second-order valence-electron chi connectivity index (χ2n) is 5.19. The Balaban J connectivity index is 0.00000132. The van der Waals surface area contributed by atoms with Crippen LogP contribution in [0.2, 0.25) is 0 Å². The number of nitrogens with zero attached hydrogens (tertiary/aromatic N) is 2. The number of hydrogen-bond donors (Lipinski definition) is 1. The second-order valence-corrected chi connectivity index (χ2v) is 5.91. The van der Waals surface area contributed by atoms with Gasteiger partial charge in [-0.25, -0.2) is 4.98 Å². The highest BCUT2D eigenvalue weighted by Crippen LogP contribution is 2.24. The van der Waals surface area contributed by atoms with Crippen LogP contribution in [-0.4, -0.2) is 35.4 Å². The first-order chi connectivity index (χ1) is 10.3. The van der Waals surface area contributed by atoms with Crippen LogP contribution in [0.25, 0.3) is 0 Å². The molecule has 0 radical (unpaired) electrons. The Morgan fingerprint density at radius 1 is 1.35 bits per heavy atom. The fourth-order valence-electron chi connectivity index (χ4n) is 2.69. The van der Waals surface area contributed by atoms with E-state index in [-0.39, 0.29) is 36.8 Å². The molecule has 2 heterocycles. The van der Waals surface area contributed by atoms with Gasteiger partial charge in [0.1, 0.15) is 5.69 Å². The Morgan fingerprint density at radius 2 is 2.09 bits per heavy atom. The van der Waals surface area contributed by atoms with E-state index in [0.717, 1.165) is 26.1 Å². The van der Waals surface area contributed by atoms with Gasteiger partial charge in [0.05, 0.1) is 11.6 Å². The highest BCUT2D eigenvalue weighted by atomic mass is 35.5. The molecule has 126 valence electrons. The average molecular weight is 374 g/mol. The molecule has 1 N–H and O–H groups in total. The first-order valence-electron chi connectivity index (χ1n) is 7.28. The summed E-state index contributed by atoms with van der Waals surface area (Å²) in [7, 11) is 0. The van der Waals surface area contributed by atoms with E-state index in [1.807, 2.05) is 10.3 Å². The van der Waals surface area contributed by atoms with Crippen molar-refractivity contribution in [2.75, 3.05) is 19.6 Å². The number of carbonyl (C=O) groups is 1. The number of aryl methyl sites for hydroxylation is 1. The summed E-state index contributed by atoms with van der Waals surface area (Å²) in [5, 5.41) is 5.20. The fourth-order valence-corrected chi connectivity index (χ4v) is 3.21. The van der Waals surface area contributed by atoms with Gasteiger partial charge >= 0.3 is 0 Å². The highest BCUT2D eigenvalue weighted by molar-refractivity contribution is 7.07. The summed E-state index contributed by atoms with van der Waals surface area (Å²) < 4.78 is 0. The third-order valence-electron chi connectivity index (χ3n) is 3.93. The molecule has 1 aliphatic heterocycles. The number of carbonyl (C=O) groups excluding carboxylic acids is 1. The van der Waals surface area contributed by atoms with Gasteiger partial charge in [0, 0.05) is 25.0 Å². The normalized spacial score (nSPS) is 17.1. The van der Waals surface area contributed by atoms with Gasteiger partial charge in [-0.05, 0) is 17.5 Å². The summed E-state index contributed by atoms with van der Waals surface area (Å²) in [6.45, 7) is 4.49. The number of hydrogen-bond acceptors (Lipinski definition) is 4. The van der Waals surface area contributed by atoms with Gasteiger partial charge in [0.15, 0.2) is 0 Å². The van der Waals surface area contributed by atoms with Crippen molar-refractivity contribution in [2.24, 2.45) is 0 Å². The van der Waals surface area contributed by atoms with E-state index in [0.29, 0.717) is 5.69 Å². The van der Waals surface area contributed by atoms with Crippen LogP contribution in [-0.2, 0) is 6.42 Å². The predicted molar refractivity (Wildman–Crippen MR) is 99.1 cm³/mol. The molecule has 1 unspecified atom stereocenters. The summed E-state index contributed by atoms with van der Waals surface area (Å²) in [6.07, 6.45) is 1.03. The first kappa shape index (κ1) is 19.9. The lowest BCUT2D eigenvalue weighted by Gasteiger charge is -2.36. The van der Waals surface area contributed by atoms with Gasteiger partial charge in [-0.2, -0.15) is 0 Å². The zero-order valence-electron chi connectivity index (χ0n) is 12.9. The number of nitrogens with one attached hydrogen (secondary N) is 1. The number of benzene rings is 1. The molecule has 4 nitrogen and oxygen atoms in total. The van der Waals surface area contributed by atoms with Crippen LogP contribution in [0, 0.1) is 0 Å². The van der Waals surface area contributed by atoms with Gasteiger partial charge in [-0.1, -0.05) is 31.2 Å². The molecular weight excluding hydrogens is 353 g/mol. The smallest absolute Gasteiger partial charge is 0.273 e. The number of aromatic nitrogens is 1. The van der Waals surface area contributed by atoms with Crippen LogP contribution in [0.5, 0.6) is 0 Å². The third kappa shape index (κ3) is 4.44. The number of thiazole rings is 1. The lowest BCUT2D eigenvalue weighted by molar-refractivity contribution is 0.0629. The minimum atomic E-state index is 0. The van der Waals surface area contributed by atoms with Crippen molar-refractivity contribution in [3.05, 3.63) is 52.0 Å². The van der Waals surface area contributed by atoms with E-state index in [4.69, 9.17) is 0 Å². The molecule has 1 saturated heterocycles. The summed E-state index contributed by atoms with van der Waals surface area (Å²) in [5.74, 6) is 0.0299.